The van der Waals surface area contributed by atoms with E-state index in [1.165, 1.54) is 30.1 Å². The van der Waals surface area contributed by atoms with Gasteiger partial charge in [0.2, 0.25) is 0 Å². The molecular weight excluding hydrogens is 272 g/mol. The normalized spacial score (nSPS) is 23.3. The zero-order chi connectivity index (χ0) is 15.5. The van der Waals surface area contributed by atoms with Crippen LogP contribution in [0.4, 0.5) is 0 Å². The van der Waals surface area contributed by atoms with Gasteiger partial charge in [-0.1, -0.05) is 65.0 Å². The molecule has 0 bridgehead atoms. The van der Waals surface area contributed by atoms with Gasteiger partial charge in [-0.05, 0) is 47.9 Å². The van der Waals surface area contributed by atoms with Gasteiger partial charge in [-0.15, -0.1) is 0 Å². The molecule has 118 valence electrons. The minimum absolute atomic E-state index is 0.460. The van der Waals surface area contributed by atoms with Gasteiger partial charge < -0.3 is 4.43 Å². The molecule has 1 saturated carbocycles. The van der Waals surface area contributed by atoms with Gasteiger partial charge in [0.25, 0.3) is 0 Å². The summed E-state index contributed by atoms with van der Waals surface area (Å²) in [4.78, 5) is 0. The molecule has 1 aliphatic rings. The molecule has 0 amide bonds. The van der Waals surface area contributed by atoms with Gasteiger partial charge in [0.15, 0.2) is 8.32 Å². The van der Waals surface area contributed by atoms with E-state index in [2.05, 4.69) is 65.0 Å². The van der Waals surface area contributed by atoms with Crippen molar-refractivity contribution >= 4 is 8.32 Å². The molecule has 1 aromatic carbocycles. The summed E-state index contributed by atoms with van der Waals surface area (Å²) < 4.78 is 6.86. The highest BCUT2D eigenvalue weighted by Gasteiger charge is 2.47. The molecule has 0 spiro atoms. The molecule has 1 aromatic rings. The third-order valence-corrected chi connectivity index (χ3v) is 10.1. The average Bonchev–Trinajstić information content (AvgIpc) is 3.30. The van der Waals surface area contributed by atoms with Crippen molar-refractivity contribution in [2.75, 3.05) is 0 Å². The lowest BCUT2D eigenvalue weighted by atomic mass is 9.99. The van der Waals surface area contributed by atoms with E-state index in [4.69, 9.17) is 4.43 Å². The fraction of sp³-hybridized carbons (Fsp3) is 0.684. The summed E-state index contributed by atoms with van der Waals surface area (Å²) in [5, 5.41) is 0. The third-order valence-electron chi connectivity index (χ3n) is 5.47. The lowest BCUT2D eigenvalue weighted by Crippen LogP contribution is -2.42. The fourth-order valence-corrected chi connectivity index (χ4v) is 6.69. The standard InChI is InChI=1S/C19H32OSi/c1-6-21(7-2,8-3)20-19(15(4)5)18-14-17(18)16-12-10-9-11-13-16/h9-13,15,17-19H,6-8,14H2,1-5H3/t17-,18+,19-/m0/s1. The van der Waals surface area contributed by atoms with Crippen LogP contribution in [0.1, 0.15) is 52.5 Å². The van der Waals surface area contributed by atoms with Crippen LogP contribution < -0.4 is 0 Å². The molecule has 0 heterocycles. The number of hydrogen-bond donors (Lipinski definition) is 0. The zero-order valence-electron chi connectivity index (χ0n) is 14.4. The maximum Gasteiger partial charge on any atom is 0.192 e. The van der Waals surface area contributed by atoms with E-state index < -0.39 is 8.32 Å². The molecule has 0 N–H and O–H groups in total. The summed E-state index contributed by atoms with van der Waals surface area (Å²) >= 11 is 0. The van der Waals surface area contributed by atoms with Crippen molar-refractivity contribution in [2.45, 2.75) is 71.2 Å². The fourth-order valence-electron chi connectivity index (χ4n) is 3.67. The van der Waals surface area contributed by atoms with Gasteiger partial charge in [0, 0.05) is 0 Å². The molecule has 1 aliphatic carbocycles. The van der Waals surface area contributed by atoms with Crippen molar-refractivity contribution in [1.82, 2.24) is 0 Å². The lowest BCUT2D eigenvalue weighted by Gasteiger charge is -2.35. The van der Waals surface area contributed by atoms with Gasteiger partial charge >= 0.3 is 0 Å². The smallest absolute Gasteiger partial charge is 0.192 e. The van der Waals surface area contributed by atoms with E-state index in [0.717, 1.165) is 11.8 Å². The van der Waals surface area contributed by atoms with Crippen molar-refractivity contribution in [3.05, 3.63) is 35.9 Å². The Morgan fingerprint density at radius 1 is 1.05 bits per heavy atom. The second kappa shape index (κ2) is 7.10. The number of hydrogen-bond acceptors (Lipinski definition) is 1. The lowest BCUT2D eigenvalue weighted by molar-refractivity contribution is 0.114. The highest BCUT2D eigenvalue weighted by atomic mass is 28.4. The van der Waals surface area contributed by atoms with Crippen LogP contribution in [0, 0.1) is 11.8 Å². The molecule has 0 aliphatic heterocycles. The molecule has 0 radical (unpaired) electrons. The summed E-state index contributed by atoms with van der Waals surface area (Å²) in [6, 6.07) is 14.8. The Labute approximate surface area is 132 Å². The van der Waals surface area contributed by atoms with E-state index in [1.54, 1.807) is 0 Å². The first-order valence-electron chi connectivity index (χ1n) is 8.79. The predicted molar refractivity (Wildman–Crippen MR) is 94.2 cm³/mol. The Morgan fingerprint density at radius 2 is 1.62 bits per heavy atom. The predicted octanol–water partition coefficient (Wildman–Crippen LogP) is 5.84. The highest BCUT2D eigenvalue weighted by molar-refractivity contribution is 6.73. The first kappa shape index (κ1) is 16.8. The Hall–Kier alpha value is -0.603. The van der Waals surface area contributed by atoms with Crippen LogP contribution in [0.3, 0.4) is 0 Å². The van der Waals surface area contributed by atoms with Crippen LogP contribution in [0.25, 0.3) is 0 Å². The molecule has 3 atom stereocenters. The van der Waals surface area contributed by atoms with E-state index in [9.17, 15) is 0 Å². The Balaban J connectivity index is 2.08. The molecule has 2 heteroatoms. The van der Waals surface area contributed by atoms with Crippen molar-refractivity contribution in [3.8, 4) is 0 Å². The van der Waals surface area contributed by atoms with Gasteiger partial charge in [-0.25, -0.2) is 0 Å². The third kappa shape index (κ3) is 3.78. The molecule has 2 rings (SSSR count). The summed E-state index contributed by atoms with van der Waals surface area (Å²) in [7, 11) is -1.50. The SMILES string of the molecule is CC[Si](CC)(CC)O[C@@H](C(C)C)[C@@H]1C[C@H]1c1ccccc1. The van der Waals surface area contributed by atoms with Crippen LogP contribution >= 0.6 is 0 Å². The van der Waals surface area contributed by atoms with Crippen LogP contribution in [0.15, 0.2) is 30.3 Å². The largest absolute Gasteiger partial charge is 0.413 e. The minimum atomic E-state index is -1.50. The molecule has 0 aromatic heterocycles. The van der Waals surface area contributed by atoms with E-state index in [0.29, 0.717) is 12.0 Å². The summed E-state index contributed by atoms with van der Waals surface area (Å²) in [6.07, 6.45) is 1.77. The Kier molecular flexibility index (Phi) is 5.67. The van der Waals surface area contributed by atoms with Gasteiger partial charge in [0.1, 0.15) is 0 Å². The van der Waals surface area contributed by atoms with Crippen LogP contribution in [0.5, 0.6) is 0 Å². The summed E-state index contributed by atoms with van der Waals surface area (Å²) in [6.45, 7) is 11.7. The van der Waals surface area contributed by atoms with Crippen LogP contribution in [0.2, 0.25) is 18.1 Å². The van der Waals surface area contributed by atoms with E-state index in [1.807, 2.05) is 0 Å². The maximum atomic E-state index is 6.86. The average molecular weight is 305 g/mol. The molecule has 0 unspecified atom stereocenters. The molecule has 1 nitrogen and oxygen atoms in total. The second-order valence-electron chi connectivity index (χ2n) is 6.99. The molecule has 21 heavy (non-hydrogen) atoms. The quantitative estimate of drug-likeness (QED) is 0.548. The number of benzene rings is 1. The minimum Gasteiger partial charge on any atom is -0.413 e. The zero-order valence-corrected chi connectivity index (χ0v) is 15.4. The molecular formula is C19H32OSi. The van der Waals surface area contributed by atoms with Crippen LogP contribution in [-0.2, 0) is 4.43 Å². The van der Waals surface area contributed by atoms with Crippen LogP contribution in [-0.4, -0.2) is 14.4 Å². The van der Waals surface area contributed by atoms with E-state index in [-0.39, 0.29) is 0 Å². The van der Waals surface area contributed by atoms with Gasteiger partial charge in [-0.3, -0.25) is 0 Å². The van der Waals surface area contributed by atoms with Crippen molar-refractivity contribution in [3.63, 3.8) is 0 Å². The second-order valence-corrected chi connectivity index (χ2v) is 11.7. The Bertz CT molecular complexity index is 416. The number of rotatable bonds is 8. The van der Waals surface area contributed by atoms with Crippen molar-refractivity contribution < 1.29 is 4.43 Å². The van der Waals surface area contributed by atoms with Crippen molar-refractivity contribution in [1.29, 1.82) is 0 Å². The monoisotopic (exact) mass is 304 g/mol. The molecule has 0 saturated heterocycles. The summed E-state index contributed by atoms with van der Waals surface area (Å²) in [5.41, 5.74) is 1.51. The van der Waals surface area contributed by atoms with Crippen molar-refractivity contribution in [2.24, 2.45) is 11.8 Å². The van der Waals surface area contributed by atoms with Gasteiger partial charge in [0.05, 0.1) is 6.10 Å². The molecule has 1 fully saturated rings. The topological polar surface area (TPSA) is 9.23 Å². The Morgan fingerprint density at radius 3 is 2.10 bits per heavy atom. The van der Waals surface area contributed by atoms with E-state index >= 15 is 0 Å². The first-order valence-corrected chi connectivity index (χ1v) is 11.3. The highest BCUT2D eigenvalue weighted by Crippen LogP contribution is 2.52. The maximum absolute atomic E-state index is 6.86. The summed E-state index contributed by atoms with van der Waals surface area (Å²) in [5.74, 6) is 2.10. The van der Waals surface area contributed by atoms with Gasteiger partial charge in [-0.2, -0.15) is 0 Å². The first-order chi connectivity index (χ1) is 10.1.